The van der Waals surface area contributed by atoms with Gasteiger partial charge in [-0.2, -0.15) is 0 Å². The lowest BCUT2D eigenvalue weighted by Crippen LogP contribution is -2.63. The minimum Gasteiger partial charge on any atom is -0.389 e. The molecule has 2 aliphatic heterocycles. The predicted octanol–water partition coefficient (Wildman–Crippen LogP) is 0.914. The number of fused-ring (bicyclic) bond motifs is 2. The first-order chi connectivity index (χ1) is 9.37. The molecule has 0 saturated carbocycles. The summed E-state index contributed by atoms with van der Waals surface area (Å²) in [4.78, 5) is 2.28. The number of hydrogen-bond donors (Lipinski definition) is 1. The molecule has 0 aliphatic carbocycles. The van der Waals surface area contributed by atoms with Crippen LogP contribution in [0.15, 0.2) is 30.3 Å². The first kappa shape index (κ1) is 14.0. The molecule has 1 aromatic carbocycles. The molecule has 110 valence electrons. The highest BCUT2D eigenvalue weighted by Crippen LogP contribution is 2.39. The van der Waals surface area contributed by atoms with Gasteiger partial charge in [0.15, 0.2) is 9.84 Å². The summed E-state index contributed by atoms with van der Waals surface area (Å²) in [6.45, 7) is 3.93. The number of nitrogens with zero attached hydrogens (tertiary/aromatic N) is 1. The van der Waals surface area contributed by atoms with Gasteiger partial charge in [0.05, 0.1) is 17.1 Å². The third-order valence-electron chi connectivity index (χ3n) is 4.77. The Balaban J connectivity index is 1.77. The predicted molar refractivity (Wildman–Crippen MR) is 78.0 cm³/mol. The van der Waals surface area contributed by atoms with Crippen molar-refractivity contribution in [2.75, 3.05) is 24.6 Å². The number of sulfone groups is 1. The van der Waals surface area contributed by atoms with Gasteiger partial charge in [0.2, 0.25) is 0 Å². The van der Waals surface area contributed by atoms with Crippen molar-refractivity contribution in [3.63, 3.8) is 0 Å². The summed E-state index contributed by atoms with van der Waals surface area (Å²) in [5, 5.41) is 10.6. The second-order valence-electron chi connectivity index (χ2n) is 6.38. The topological polar surface area (TPSA) is 57.6 Å². The Morgan fingerprint density at radius 2 is 1.75 bits per heavy atom. The molecule has 2 atom stereocenters. The van der Waals surface area contributed by atoms with Gasteiger partial charge in [-0.05, 0) is 12.5 Å². The monoisotopic (exact) mass is 295 g/mol. The van der Waals surface area contributed by atoms with E-state index < -0.39 is 15.4 Å². The lowest BCUT2D eigenvalue weighted by Gasteiger charge is -2.51. The zero-order valence-electron chi connectivity index (χ0n) is 11.7. The van der Waals surface area contributed by atoms with E-state index in [1.165, 1.54) is 5.56 Å². The largest absolute Gasteiger partial charge is 0.389 e. The maximum absolute atomic E-state index is 11.9. The smallest absolute Gasteiger partial charge is 0.151 e. The highest BCUT2D eigenvalue weighted by molar-refractivity contribution is 7.91. The summed E-state index contributed by atoms with van der Waals surface area (Å²) in [5.41, 5.74) is 0.383. The van der Waals surface area contributed by atoms with Crippen molar-refractivity contribution in [3.8, 4) is 0 Å². The van der Waals surface area contributed by atoms with Gasteiger partial charge in [-0.15, -0.1) is 0 Å². The molecule has 20 heavy (non-hydrogen) atoms. The fourth-order valence-corrected chi connectivity index (χ4v) is 5.74. The molecular weight excluding hydrogens is 274 g/mol. The standard InChI is InChI=1S/C15H21NO3S/c1-15(17)13-8-16(7-12-5-3-2-4-6-12)9-14(15)11-20(18,19)10-13/h2-6,13-14,17H,7-11H2,1H3/t13-,14-/m0/s1. The molecule has 0 radical (unpaired) electrons. The Bertz CT molecular complexity index is 558. The van der Waals surface area contributed by atoms with E-state index in [0.717, 1.165) is 6.54 Å². The lowest BCUT2D eigenvalue weighted by molar-refractivity contribution is -0.0955. The van der Waals surface area contributed by atoms with E-state index in [4.69, 9.17) is 0 Å². The average Bonchev–Trinajstić information content (AvgIpc) is 2.34. The van der Waals surface area contributed by atoms with Gasteiger partial charge in [-0.1, -0.05) is 30.3 Å². The Morgan fingerprint density at radius 3 is 2.30 bits per heavy atom. The molecule has 4 nitrogen and oxygen atoms in total. The van der Waals surface area contributed by atoms with Crippen molar-refractivity contribution in [2.45, 2.75) is 19.1 Å². The molecule has 0 spiro atoms. The van der Waals surface area contributed by atoms with Crippen LogP contribution in [0.25, 0.3) is 0 Å². The molecular formula is C15H21NO3S. The number of piperidine rings is 1. The van der Waals surface area contributed by atoms with E-state index in [1.54, 1.807) is 6.92 Å². The second kappa shape index (κ2) is 4.83. The summed E-state index contributed by atoms with van der Waals surface area (Å²) >= 11 is 0. The molecule has 3 rings (SSSR count). The fraction of sp³-hybridized carbons (Fsp3) is 0.600. The maximum Gasteiger partial charge on any atom is 0.151 e. The zero-order chi connectivity index (χ0) is 14.4. The Hall–Kier alpha value is -0.910. The normalized spacial score (nSPS) is 36.7. The van der Waals surface area contributed by atoms with Crippen LogP contribution < -0.4 is 0 Å². The fourth-order valence-electron chi connectivity index (χ4n) is 3.50. The van der Waals surface area contributed by atoms with Crippen molar-refractivity contribution in [1.29, 1.82) is 0 Å². The van der Waals surface area contributed by atoms with Gasteiger partial charge in [-0.25, -0.2) is 8.42 Å². The molecule has 2 saturated heterocycles. The van der Waals surface area contributed by atoms with Crippen molar-refractivity contribution < 1.29 is 13.5 Å². The molecule has 2 heterocycles. The number of rotatable bonds is 2. The summed E-state index contributed by atoms with van der Waals surface area (Å²) in [7, 11) is -3.00. The van der Waals surface area contributed by atoms with Crippen molar-refractivity contribution in [1.82, 2.24) is 4.90 Å². The third-order valence-corrected chi connectivity index (χ3v) is 6.59. The van der Waals surface area contributed by atoms with Gasteiger partial charge >= 0.3 is 0 Å². The van der Waals surface area contributed by atoms with Gasteiger partial charge in [0, 0.05) is 31.5 Å². The van der Waals surface area contributed by atoms with Crippen molar-refractivity contribution >= 4 is 9.84 Å². The summed E-state index contributed by atoms with van der Waals surface area (Å²) < 4.78 is 23.8. The minimum atomic E-state index is -3.00. The number of aliphatic hydroxyl groups is 1. The SMILES string of the molecule is CC1(O)[C@H]2CN(Cc3ccccc3)C[C@H]1CS(=O)(=O)C2. The molecule has 5 heteroatoms. The molecule has 2 bridgehead atoms. The molecule has 0 unspecified atom stereocenters. The average molecular weight is 295 g/mol. The van der Waals surface area contributed by atoms with Crippen molar-refractivity contribution in [2.24, 2.45) is 11.8 Å². The zero-order valence-corrected chi connectivity index (χ0v) is 12.5. The van der Waals surface area contributed by atoms with Crippen LogP contribution >= 0.6 is 0 Å². The Labute approximate surface area is 120 Å². The molecule has 2 fully saturated rings. The lowest BCUT2D eigenvalue weighted by atomic mass is 9.76. The van der Waals surface area contributed by atoms with Crippen LogP contribution in [0.5, 0.6) is 0 Å². The van der Waals surface area contributed by atoms with E-state index in [9.17, 15) is 13.5 Å². The van der Waals surface area contributed by atoms with Gasteiger partial charge in [0.1, 0.15) is 0 Å². The highest BCUT2D eigenvalue weighted by Gasteiger charge is 2.51. The van der Waals surface area contributed by atoms with Gasteiger partial charge in [0.25, 0.3) is 0 Å². The minimum absolute atomic E-state index is 0.113. The van der Waals surface area contributed by atoms with Crippen LogP contribution in [0.4, 0.5) is 0 Å². The van der Waals surface area contributed by atoms with Crippen molar-refractivity contribution in [3.05, 3.63) is 35.9 Å². The Kier molecular flexibility index (Phi) is 3.39. The second-order valence-corrected chi connectivity index (χ2v) is 8.53. The first-order valence-electron chi connectivity index (χ1n) is 7.06. The summed E-state index contributed by atoms with van der Waals surface area (Å²) in [6.07, 6.45) is 0. The van der Waals surface area contributed by atoms with Crippen LogP contribution in [0.3, 0.4) is 0 Å². The van der Waals surface area contributed by atoms with E-state index in [2.05, 4.69) is 17.0 Å². The highest BCUT2D eigenvalue weighted by atomic mass is 32.2. The number of benzene rings is 1. The van der Waals surface area contributed by atoms with E-state index in [0.29, 0.717) is 13.1 Å². The van der Waals surface area contributed by atoms with E-state index in [-0.39, 0.29) is 23.3 Å². The summed E-state index contributed by atoms with van der Waals surface area (Å²) in [5.74, 6) is -0.128. The van der Waals surface area contributed by atoms with Crippen LogP contribution in [0.2, 0.25) is 0 Å². The van der Waals surface area contributed by atoms with Crippen LogP contribution in [0.1, 0.15) is 12.5 Å². The maximum atomic E-state index is 11.9. The third kappa shape index (κ3) is 2.62. The molecule has 0 aromatic heterocycles. The molecule has 1 N–H and O–H groups in total. The van der Waals surface area contributed by atoms with Crippen LogP contribution in [0, 0.1) is 11.8 Å². The summed E-state index contributed by atoms with van der Waals surface area (Å²) in [6, 6.07) is 10.2. The first-order valence-corrected chi connectivity index (χ1v) is 8.88. The van der Waals surface area contributed by atoms with Crippen LogP contribution in [-0.4, -0.2) is 48.6 Å². The molecule has 2 aliphatic rings. The van der Waals surface area contributed by atoms with Gasteiger partial charge in [-0.3, -0.25) is 4.90 Å². The van der Waals surface area contributed by atoms with E-state index in [1.807, 2.05) is 18.2 Å². The van der Waals surface area contributed by atoms with Gasteiger partial charge < -0.3 is 5.11 Å². The molecule has 0 amide bonds. The molecule has 1 aromatic rings. The van der Waals surface area contributed by atoms with E-state index >= 15 is 0 Å². The Morgan fingerprint density at radius 1 is 1.20 bits per heavy atom. The number of hydrogen-bond acceptors (Lipinski definition) is 4. The number of likely N-dealkylation sites (tertiary alicyclic amines) is 1. The quantitative estimate of drug-likeness (QED) is 0.881. The van der Waals surface area contributed by atoms with Crippen LogP contribution in [-0.2, 0) is 16.4 Å².